The van der Waals surface area contributed by atoms with Gasteiger partial charge in [-0.3, -0.25) is 19.3 Å². The van der Waals surface area contributed by atoms with Crippen LogP contribution in [-0.2, 0) is 4.79 Å². The van der Waals surface area contributed by atoms with Crippen molar-refractivity contribution in [3.63, 3.8) is 0 Å². The summed E-state index contributed by atoms with van der Waals surface area (Å²) in [4.78, 5) is 26.3. The lowest BCUT2D eigenvalue weighted by Crippen LogP contribution is -2.24. The number of fused-ring (bicyclic) bond motifs is 3. The molecule has 1 amide bonds. The summed E-state index contributed by atoms with van der Waals surface area (Å²) in [5, 5.41) is 15.8. The van der Waals surface area contributed by atoms with Gasteiger partial charge < -0.3 is 4.52 Å². The fraction of sp³-hybridized carbons (Fsp3) is 0.208. The molecule has 0 aliphatic heterocycles. The van der Waals surface area contributed by atoms with Crippen molar-refractivity contribution in [2.24, 2.45) is 0 Å². The minimum Gasteiger partial charge on any atom is -0.338 e. The van der Waals surface area contributed by atoms with Crippen molar-refractivity contribution in [3.05, 3.63) is 75.7 Å². The zero-order valence-electron chi connectivity index (χ0n) is 19.1. The second kappa shape index (κ2) is 8.45. The fourth-order valence-corrected chi connectivity index (χ4v) is 4.66. The molecule has 1 N–H and O–H groups in total. The van der Waals surface area contributed by atoms with Gasteiger partial charge in [-0.1, -0.05) is 41.2 Å². The van der Waals surface area contributed by atoms with Gasteiger partial charge in [-0.25, -0.2) is 4.57 Å². The molecule has 0 bridgehead atoms. The maximum Gasteiger partial charge on any atom is 0.267 e. The molecule has 5 aromatic rings. The molecular formula is C24H22N6O3S. The Morgan fingerprint density at radius 1 is 1.09 bits per heavy atom. The van der Waals surface area contributed by atoms with Gasteiger partial charge in [0.05, 0.1) is 27.5 Å². The van der Waals surface area contributed by atoms with Crippen molar-refractivity contribution in [1.29, 1.82) is 0 Å². The number of amides is 1. The van der Waals surface area contributed by atoms with Gasteiger partial charge in [-0.05, 0) is 57.0 Å². The van der Waals surface area contributed by atoms with Crippen molar-refractivity contribution in [2.75, 3.05) is 5.32 Å². The van der Waals surface area contributed by atoms with Crippen LogP contribution in [0.15, 0.2) is 63.0 Å². The van der Waals surface area contributed by atoms with E-state index in [2.05, 4.69) is 20.7 Å². The van der Waals surface area contributed by atoms with Gasteiger partial charge >= 0.3 is 0 Å². The fourth-order valence-electron chi connectivity index (χ4n) is 3.81. The Morgan fingerprint density at radius 2 is 1.88 bits per heavy atom. The van der Waals surface area contributed by atoms with Gasteiger partial charge in [0.2, 0.25) is 17.6 Å². The van der Waals surface area contributed by atoms with Crippen LogP contribution in [0.5, 0.6) is 0 Å². The maximum absolute atomic E-state index is 13.5. The quantitative estimate of drug-likeness (QED) is 0.383. The minimum atomic E-state index is -0.516. The van der Waals surface area contributed by atoms with Crippen LogP contribution >= 0.6 is 11.8 Å². The smallest absolute Gasteiger partial charge is 0.267 e. The predicted octanol–water partition coefficient (Wildman–Crippen LogP) is 4.07. The molecule has 1 atom stereocenters. The molecule has 0 spiro atoms. The van der Waals surface area contributed by atoms with Crippen LogP contribution in [0, 0.1) is 20.8 Å². The summed E-state index contributed by atoms with van der Waals surface area (Å²) >= 11 is 1.25. The van der Waals surface area contributed by atoms with E-state index in [4.69, 9.17) is 4.52 Å². The van der Waals surface area contributed by atoms with E-state index in [0.29, 0.717) is 27.5 Å². The molecule has 9 nitrogen and oxygen atoms in total. The maximum atomic E-state index is 13.5. The van der Waals surface area contributed by atoms with Crippen molar-refractivity contribution >= 4 is 40.2 Å². The lowest BCUT2D eigenvalue weighted by Gasteiger charge is -2.15. The number of para-hydroxylation sites is 1. The molecule has 34 heavy (non-hydrogen) atoms. The van der Waals surface area contributed by atoms with Crippen molar-refractivity contribution < 1.29 is 9.32 Å². The summed E-state index contributed by atoms with van der Waals surface area (Å²) in [7, 11) is 0. The Bertz CT molecular complexity index is 1620. The molecule has 0 saturated heterocycles. The van der Waals surface area contributed by atoms with Crippen LogP contribution in [0.2, 0.25) is 0 Å². The monoisotopic (exact) mass is 474 g/mol. The Labute approximate surface area is 198 Å². The Hall–Kier alpha value is -3.92. The molecule has 3 aromatic heterocycles. The molecule has 172 valence electrons. The second-order valence-electron chi connectivity index (χ2n) is 8.08. The Kier molecular flexibility index (Phi) is 5.45. The number of thioether (sulfide) groups is 1. The highest BCUT2D eigenvalue weighted by Crippen LogP contribution is 2.27. The molecule has 5 rings (SSSR count). The van der Waals surface area contributed by atoms with Crippen LogP contribution in [-0.4, -0.2) is 35.5 Å². The number of aryl methyl sites for hydroxylation is 2. The van der Waals surface area contributed by atoms with Crippen molar-refractivity contribution in [1.82, 2.24) is 24.3 Å². The van der Waals surface area contributed by atoms with Crippen LogP contribution in [0.4, 0.5) is 5.88 Å². The van der Waals surface area contributed by atoms with Crippen molar-refractivity contribution in [2.45, 2.75) is 38.1 Å². The third-order valence-corrected chi connectivity index (χ3v) is 6.78. The third kappa shape index (κ3) is 3.65. The van der Waals surface area contributed by atoms with E-state index in [1.165, 1.54) is 11.8 Å². The largest absolute Gasteiger partial charge is 0.338 e. The van der Waals surface area contributed by atoms with E-state index >= 15 is 0 Å². The minimum absolute atomic E-state index is 0.174. The number of carbonyl (C=O) groups is 1. The average molecular weight is 475 g/mol. The van der Waals surface area contributed by atoms with Crippen LogP contribution in [0.3, 0.4) is 0 Å². The van der Waals surface area contributed by atoms with Gasteiger partial charge in [0, 0.05) is 6.07 Å². The summed E-state index contributed by atoms with van der Waals surface area (Å²) in [6, 6.07) is 14.8. The molecule has 1 unspecified atom stereocenters. The summed E-state index contributed by atoms with van der Waals surface area (Å²) in [6.45, 7) is 7.53. The van der Waals surface area contributed by atoms with E-state index in [-0.39, 0.29) is 17.4 Å². The van der Waals surface area contributed by atoms with Gasteiger partial charge in [0.25, 0.3) is 5.56 Å². The van der Waals surface area contributed by atoms with Crippen molar-refractivity contribution in [3.8, 4) is 5.69 Å². The van der Waals surface area contributed by atoms with Gasteiger partial charge in [0.15, 0.2) is 5.16 Å². The number of nitrogens with one attached hydrogen (secondary N) is 1. The third-order valence-electron chi connectivity index (χ3n) is 5.74. The molecule has 10 heteroatoms. The highest BCUT2D eigenvalue weighted by atomic mass is 32.2. The van der Waals surface area contributed by atoms with Gasteiger partial charge in [-0.2, -0.15) is 0 Å². The molecule has 0 aliphatic rings. The SMILES string of the molecule is Cc1cc(NC(=O)C(C)Sc2nnc3n(-c4cccc(C)c4C)c(=O)c4ccccc4n23)on1. The highest BCUT2D eigenvalue weighted by molar-refractivity contribution is 8.00. The van der Waals surface area contributed by atoms with Gasteiger partial charge in [-0.15, -0.1) is 10.2 Å². The summed E-state index contributed by atoms with van der Waals surface area (Å²) in [6.07, 6.45) is 0. The van der Waals surface area contributed by atoms with E-state index in [9.17, 15) is 9.59 Å². The number of anilines is 1. The first-order chi connectivity index (χ1) is 16.3. The van der Waals surface area contributed by atoms with Gasteiger partial charge in [0.1, 0.15) is 0 Å². The van der Waals surface area contributed by atoms with Crippen LogP contribution < -0.4 is 10.9 Å². The lowest BCUT2D eigenvalue weighted by atomic mass is 10.1. The lowest BCUT2D eigenvalue weighted by molar-refractivity contribution is -0.115. The number of carbonyl (C=O) groups excluding carboxylic acids is 1. The molecular weight excluding hydrogens is 452 g/mol. The molecule has 3 heterocycles. The normalized spacial score (nSPS) is 12.4. The van der Waals surface area contributed by atoms with Crippen LogP contribution in [0.25, 0.3) is 22.4 Å². The Balaban J connectivity index is 1.63. The summed E-state index contributed by atoms with van der Waals surface area (Å²) in [5.74, 6) is 0.415. The summed E-state index contributed by atoms with van der Waals surface area (Å²) in [5.41, 5.74) is 3.97. The highest BCUT2D eigenvalue weighted by Gasteiger charge is 2.23. The predicted molar refractivity (Wildman–Crippen MR) is 131 cm³/mol. The number of nitrogens with zero attached hydrogens (tertiary/aromatic N) is 5. The van der Waals surface area contributed by atoms with E-state index < -0.39 is 5.25 Å². The Morgan fingerprint density at radius 3 is 2.65 bits per heavy atom. The molecule has 0 fully saturated rings. The van der Waals surface area contributed by atoms with E-state index in [1.807, 2.05) is 54.6 Å². The van der Waals surface area contributed by atoms with E-state index in [0.717, 1.165) is 16.8 Å². The number of rotatable bonds is 5. The molecule has 0 aliphatic carbocycles. The average Bonchev–Trinajstić information content (AvgIpc) is 3.42. The number of aromatic nitrogens is 5. The second-order valence-corrected chi connectivity index (χ2v) is 9.38. The topological polar surface area (TPSA) is 107 Å². The zero-order chi connectivity index (χ0) is 24.0. The molecule has 2 aromatic carbocycles. The summed E-state index contributed by atoms with van der Waals surface area (Å²) < 4.78 is 8.50. The zero-order valence-corrected chi connectivity index (χ0v) is 19.9. The number of hydrogen-bond acceptors (Lipinski definition) is 7. The first-order valence-corrected chi connectivity index (χ1v) is 11.6. The first-order valence-electron chi connectivity index (χ1n) is 10.7. The van der Waals surface area contributed by atoms with E-state index in [1.54, 1.807) is 30.5 Å². The standard InChI is InChI=1S/C24H22N6O3S/c1-13-8-7-11-18(15(13)3)29-22(32)17-9-5-6-10-19(17)30-23(29)26-27-24(30)34-16(4)21(31)25-20-12-14(2)28-33-20/h5-12,16H,1-4H3,(H,25,31). The number of hydrogen-bond donors (Lipinski definition) is 1. The van der Waals surface area contributed by atoms with Crippen LogP contribution in [0.1, 0.15) is 23.7 Å². The first kappa shape index (κ1) is 21.9. The molecule has 0 radical (unpaired) electrons. The molecule has 0 saturated carbocycles. The number of benzene rings is 2.